The molecule has 0 heterocycles. The molecule has 1 saturated carbocycles. The van der Waals surface area contributed by atoms with Gasteiger partial charge in [-0.2, -0.15) is 0 Å². The first-order valence-corrected chi connectivity index (χ1v) is 11.3. The van der Waals surface area contributed by atoms with E-state index in [1.54, 1.807) is 0 Å². The van der Waals surface area contributed by atoms with Gasteiger partial charge in [-0.05, 0) is 68.7 Å². The highest BCUT2D eigenvalue weighted by Gasteiger charge is 2.33. The molecular weight excluding hydrogens is 420 g/mol. The number of ether oxygens (including phenoxy) is 1. The van der Waals surface area contributed by atoms with Gasteiger partial charge in [0, 0.05) is 11.6 Å². The van der Waals surface area contributed by atoms with E-state index >= 15 is 0 Å². The van der Waals surface area contributed by atoms with Crippen molar-refractivity contribution in [3.8, 4) is 0 Å². The lowest BCUT2D eigenvalue weighted by molar-refractivity contribution is -0.146. The Bertz CT molecular complexity index is 948. The highest BCUT2D eigenvalue weighted by atomic mass is 16.5. The zero-order valence-corrected chi connectivity index (χ0v) is 19.2. The maximum Gasteiger partial charge on any atom is 0.328 e. The monoisotopic (exact) mass is 452 g/mol. The molecule has 2 aromatic rings. The third-order valence-corrected chi connectivity index (χ3v) is 6.08. The number of benzene rings is 2. The first kappa shape index (κ1) is 24.5. The van der Waals surface area contributed by atoms with Crippen LogP contribution in [0.25, 0.3) is 0 Å². The number of rotatable bonds is 9. The van der Waals surface area contributed by atoms with Crippen molar-refractivity contribution in [3.05, 3.63) is 65.7 Å². The normalized spacial score (nSPS) is 18.4. The van der Waals surface area contributed by atoms with Gasteiger partial charge in [0.25, 0.3) is 0 Å². The Balaban J connectivity index is 1.42. The molecule has 3 N–H and O–H groups in total. The predicted octanol–water partition coefficient (Wildman–Crippen LogP) is 4.10. The Labute approximate surface area is 194 Å². The first-order chi connectivity index (χ1) is 15.7. The van der Waals surface area contributed by atoms with Crippen molar-refractivity contribution in [2.45, 2.75) is 57.6 Å². The number of hydrogen-bond donors (Lipinski definition) is 3. The van der Waals surface area contributed by atoms with E-state index in [9.17, 15) is 19.5 Å². The van der Waals surface area contributed by atoms with Crippen LogP contribution in [0.3, 0.4) is 0 Å². The summed E-state index contributed by atoms with van der Waals surface area (Å²) in [5.41, 5.74) is 1.65. The summed E-state index contributed by atoms with van der Waals surface area (Å²) in [6.45, 7) is 3.37. The number of carbonyl (C=O) groups is 3. The number of carboxylic acids is 1. The zero-order chi connectivity index (χ0) is 23.8. The SMILES string of the molecule is CC(C)(NC(=O)C1CCC(c2ccc(NC(=O)COCc3ccccc3)cc2)CC1)C(=O)O. The lowest BCUT2D eigenvalue weighted by atomic mass is 9.78. The molecule has 2 amide bonds. The molecule has 0 radical (unpaired) electrons. The average Bonchev–Trinajstić information content (AvgIpc) is 2.80. The highest BCUT2D eigenvalue weighted by molar-refractivity contribution is 5.91. The summed E-state index contributed by atoms with van der Waals surface area (Å²) in [5.74, 6) is -1.24. The summed E-state index contributed by atoms with van der Waals surface area (Å²) < 4.78 is 5.47. The number of carbonyl (C=O) groups excluding carboxylic acids is 2. The van der Waals surface area contributed by atoms with E-state index in [4.69, 9.17) is 4.74 Å². The molecule has 7 heteroatoms. The number of nitrogens with one attached hydrogen (secondary N) is 2. The number of anilines is 1. The number of carboxylic acid groups (broad SMARTS) is 1. The van der Waals surface area contributed by atoms with Gasteiger partial charge in [0.05, 0.1) is 6.61 Å². The van der Waals surface area contributed by atoms with Crippen LogP contribution in [-0.2, 0) is 25.7 Å². The average molecular weight is 453 g/mol. The molecule has 0 saturated heterocycles. The molecular formula is C26H32N2O5. The Morgan fingerprint density at radius 3 is 2.21 bits per heavy atom. The van der Waals surface area contributed by atoms with Crippen molar-refractivity contribution in [1.29, 1.82) is 0 Å². The van der Waals surface area contributed by atoms with E-state index in [2.05, 4.69) is 10.6 Å². The van der Waals surface area contributed by atoms with Crippen molar-refractivity contribution in [2.24, 2.45) is 5.92 Å². The lowest BCUT2D eigenvalue weighted by Gasteiger charge is -2.30. The standard InChI is InChI=1S/C26H32N2O5/c1-26(2,25(31)32)28-24(30)21-10-8-19(9-11-21)20-12-14-22(15-13-20)27-23(29)17-33-16-18-6-4-3-5-7-18/h3-7,12-15,19,21H,8-11,16-17H2,1-2H3,(H,27,29)(H,28,30)(H,31,32). The van der Waals surface area contributed by atoms with Crippen LogP contribution in [0.4, 0.5) is 5.69 Å². The van der Waals surface area contributed by atoms with E-state index in [1.807, 2.05) is 54.6 Å². The molecule has 0 atom stereocenters. The smallest absolute Gasteiger partial charge is 0.328 e. The number of aliphatic carboxylic acids is 1. The van der Waals surface area contributed by atoms with Crippen molar-refractivity contribution in [3.63, 3.8) is 0 Å². The highest BCUT2D eigenvalue weighted by Crippen LogP contribution is 2.36. The molecule has 0 aromatic heterocycles. The summed E-state index contributed by atoms with van der Waals surface area (Å²) in [5, 5.41) is 14.7. The van der Waals surface area contributed by atoms with Crippen molar-refractivity contribution in [2.75, 3.05) is 11.9 Å². The van der Waals surface area contributed by atoms with Crippen LogP contribution in [0, 0.1) is 5.92 Å². The van der Waals surface area contributed by atoms with E-state index in [1.165, 1.54) is 19.4 Å². The molecule has 0 spiro atoms. The Kier molecular flexibility index (Phi) is 8.22. The van der Waals surface area contributed by atoms with E-state index < -0.39 is 11.5 Å². The second kappa shape index (κ2) is 11.1. The van der Waals surface area contributed by atoms with Crippen molar-refractivity contribution in [1.82, 2.24) is 5.32 Å². The fraction of sp³-hybridized carbons (Fsp3) is 0.423. The van der Waals surface area contributed by atoms with Gasteiger partial charge in [0.15, 0.2) is 0 Å². The maximum absolute atomic E-state index is 12.4. The fourth-order valence-electron chi connectivity index (χ4n) is 4.02. The minimum Gasteiger partial charge on any atom is -0.480 e. The lowest BCUT2D eigenvalue weighted by Crippen LogP contribution is -2.51. The third-order valence-electron chi connectivity index (χ3n) is 6.08. The van der Waals surface area contributed by atoms with Crippen molar-refractivity contribution >= 4 is 23.5 Å². The largest absolute Gasteiger partial charge is 0.480 e. The first-order valence-electron chi connectivity index (χ1n) is 11.3. The Morgan fingerprint density at radius 2 is 1.61 bits per heavy atom. The second-order valence-corrected chi connectivity index (χ2v) is 9.12. The molecule has 0 aliphatic heterocycles. The summed E-state index contributed by atoms with van der Waals surface area (Å²) >= 11 is 0. The Morgan fingerprint density at radius 1 is 0.970 bits per heavy atom. The van der Waals surface area contributed by atoms with E-state index in [-0.39, 0.29) is 24.3 Å². The molecule has 2 aromatic carbocycles. The van der Waals surface area contributed by atoms with Crippen LogP contribution in [0.5, 0.6) is 0 Å². The quantitative estimate of drug-likeness (QED) is 0.531. The van der Waals surface area contributed by atoms with Gasteiger partial charge in [0.1, 0.15) is 12.1 Å². The van der Waals surface area contributed by atoms with Gasteiger partial charge < -0.3 is 20.5 Å². The molecule has 7 nitrogen and oxygen atoms in total. The molecule has 1 aliphatic carbocycles. The van der Waals surface area contributed by atoms with Crippen molar-refractivity contribution < 1.29 is 24.2 Å². The minimum atomic E-state index is -1.26. The van der Waals surface area contributed by atoms with Crippen LogP contribution < -0.4 is 10.6 Å². The maximum atomic E-state index is 12.4. The summed E-state index contributed by atoms with van der Waals surface area (Å²) in [7, 11) is 0. The fourth-order valence-corrected chi connectivity index (χ4v) is 4.02. The van der Waals surface area contributed by atoms with Gasteiger partial charge in [0.2, 0.25) is 11.8 Å². The molecule has 0 unspecified atom stereocenters. The molecule has 3 rings (SSSR count). The molecule has 176 valence electrons. The zero-order valence-electron chi connectivity index (χ0n) is 19.2. The predicted molar refractivity (Wildman–Crippen MR) is 126 cm³/mol. The van der Waals surface area contributed by atoms with Crippen LogP contribution in [0.15, 0.2) is 54.6 Å². The second-order valence-electron chi connectivity index (χ2n) is 9.12. The molecule has 33 heavy (non-hydrogen) atoms. The topological polar surface area (TPSA) is 105 Å². The van der Waals surface area contributed by atoms with Crippen LogP contribution in [0.2, 0.25) is 0 Å². The molecule has 1 fully saturated rings. The summed E-state index contributed by atoms with van der Waals surface area (Å²) in [4.78, 5) is 35.8. The summed E-state index contributed by atoms with van der Waals surface area (Å²) in [6.07, 6.45) is 3.18. The van der Waals surface area contributed by atoms with Crippen LogP contribution in [0.1, 0.15) is 56.6 Å². The number of hydrogen-bond acceptors (Lipinski definition) is 4. The van der Waals surface area contributed by atoms with Gasteiger partial charge in [-0.1, -0.05) is 42.5 Å². The van der Waals surface area contributed by atoms with Gasteiger partial charge >= 0.3 is 5.97 Å². The van der Waals surface area contributed by atoms with E-state index in [0.717, 1.165) is 36.9 Å². The molecule has 0 bridgehead atoms. The third kappa shape index (κ3) is 7.15. The van der Waals surface area contributed by atoms with Gasteiger partial charge in [-0.3, -0.25) is 9.59 Å². The Hall–Kier alpha value is -3.19. The van der Waals surface area contributed by atoms with Gasteiger partial charge in [-0.15, -0.1) is 0 Å². The molecule has 1 aliphatic rings. The van der Waals surface area contributed by atoms with E-state index in [0.29, 0.717) is 12.5 Å². The summed E-state index contributed by atoms with van der Waals surface area (Å²) in [6, 6.07) is 17.5. The number of amides is 2. The van der Waals surface area contributed by atoms with Gasteiger partial charge in [-0.25, -0.2) is 4.79 Å². The minimum absolute atomic E-state index is 0.0125. The van der Waals surface area contributed by atoms with Crippen LogP contribution >= 0.6 is 0 Å². The van der Waals surface area contributed by atoms with Crippen LogP contribution in [-0.4, -0.2) is 35.0 Å².